The molecule has 0 aromatic carbocycles. The van der Waals surface area contributed by atoms with Crippen LogP contribution in [0.25, 0.3) is 0 Å². The highest BCUT2D eigenvalue weighted by molar-refractivity contribution is 7.09. The lowest BCUT2D eigenvalue weighted by molar-refractivity contribution is -0.141. The lowest BCUT2D eigenvalue weighted by atomic mass is 10.2. The monoisotopic (exact) mass is 278 g/mol. The topological polar surface area (TPSA) is 40.6 Å². The van der Waals surface area contributed by atoms with E-state index < -0.39 is 0 Å². The number of hydrogen-bond donors (Lipinski definition) is 0. The molecule has 19 heavy (non-hydrogen) atoms. The highest BCUT2D eigenvalue weighted by Gasteiger charge is 2.38. The van der Waals surface area contributed by atoms with Crippen LogP contribution in [0, 0.1) is 0 Å². The van der Waals surface area contributed by atoms with Crippen molar-refractivity contribution < 1.29 is 9.59 Å². The Morgan fingerprint density at radius 2 is 2.16 bits per heavy atom. The minimum absolute atomic E-state index is 0.117. The van der Waals surface area contributed by atoms with Crippen LogP contribution in [0.15, 0.2) is 17.5 Å². The molecule has 3 rings (SSSR count). The molecule has 2 saturated heterocycles. The summed E-state index contributed by atoms with van der Waals surface area (Å²) in [5.41, 5.74) is 0. The molecule has 1 aromatic heterocycles. The van der Waals surface area contributed by atoms with Crippen LogP contribution in [0.3, 0.4) is 0 Å². The van der Waals surface area contributed by atoms with E-state index in [4.69, 9.17) is 0 Å². The van der Waals surface area contributed by atoms with E-state index in [0.29, 0.717) is 19.4 Å². The molecule has 0 unspecified atom stereocenters. The Morgan fingerprint density at radius 3 is 2.84 bits per heavy atom. The van der Waals surface area contributed by atoms with Crippen molar-refractivity contribution in [2.24, 2.45) is 0 Å². The second kappa shape index (κ2) is 5.33. The van der Waals surface area contributed by atoms with Crippen molar-refractivity contribution in [3.05, 3.63) is 22.4 Å². The maximum absolute atomic E-state index is 12.5. The van der Waals surface area contributed by atoms with Crippen LogP contribution in [0.4, 0.5) is 0 Å². The minimum atomic E-state index is -0.229. The number of nitrogens with zero attached hydrogens (tertiary/aromatic N) is 2. The Bertz CT molecular complexity index is 466. The molecule has 3 heterocycles. The molecule has 0 bridgehead atoms. The fraction of sp³-hybridized carbons (Fsp3) is 0.571. The Kier molecular flexibility index (Phi) is 3.55. The van der Waals surface area contributed by atoms with Crippen molar-refractivity contribution in [1.82, 2.24) is 9.80 Å². The van der Waals surface area contributed by atoms with Gasteiger partial charge in [0.15, 0.2) is 0 Å². The molecule has 4 nitrogen and oxygen atoms in total. The largest absolute Gasteiger partial charge is 0.341 e. The predicted molar refractivity (Wildman–Crippen MR) is 73.7 cm³/mol. The van der Waals surface area contributed by atoms with E-state index in [-0.39, 0.29) is 17.9 Å². The SMILES string of the molecule is O=C([C@@H]1CCC(=O)N1Cc1cccs1)N1CCCC1. The molecule has 1 aromatic rings. The van der Waals surface area contributed by atoms with Crippen LogP contribution in [0.5, 0.6) is 0 Å². The van der Waals surface area contributed by atoms with Crippen molar-refractivity contribution >= 4 is 23.2 Å². The molecule has 2 amide bonds. The Balaban J connectivity index is 1.72. The van der Waals surface area contributed by atoms with Gasteiger partial charge < -0.3 is 9.80 Å². The number of likely N-dealkylation sites (tertiary alicyclic amines) is 2. The van der Waals surface area contributed by atoms with Gasteiger partial charge in [0.05, 0.1) is 6.54 Å². The third-order valence-corrected chi connectivity index (χ3v) is 4.80. The zero-order valence-corrected chi connectivity index (χ0v) is 11.7. The first-order chi connectivity index (χ1) is 9.25. The summed E-state index contributed by atoms with van der Waals surface area (Å²) in [6.45, 7) is 2.30. The van der Waals surface area contributed by atoms with Crippen LogP contribution in [0.1, 0.15) is 30.6 Å². The zero-order valence-electron chi connectivity index (χ0n) is 10.9. The molecule has 5 heteroatoms. The van der Waals surface area contributed by atoms with Gasteiger partial charge in [-0.2, -0.15) is 0 Å². The summed E-state index contributed by atoms with van der Waals surface area (Å²) in [5.74, 6) is 0.269. The summed E-state index contributed by atoms with van der Waals surface area (Å²) < 4.78 is 0. The van der Waals surface area contributed by atoms with Crippen molar-refractivity contribution in [2.75, 3.05) is 13.1 Å². The molecule has 0 radical (unpaired) electrons. The minimum Gasteiger partial charge on any atom is -0.341 e. The number of rotatable bonds is 3. The van der Waals surface area contributed by atoms with Crippen molar-refractivity contribution in [3.8, 4) is 0 Å². The number of thiophene rings is 1. The molecule has 0 N–H and O–H groups in total. The summed E-state index contributed by atoms with van der Waals surface area (Å²) in [4.78, 5) is 29.3. The normalized spacial score (nSPS) is 23.4. The molecule has 1 atom stereocenters. The molecule has 102 valence electrons. The van der Waals surface area contributed by atoms with E-state index in [9.17, 15) is 9.59 Å². The summed E-state index contributed by atoms with van der Waals surface area (Å²) in [5, 5.41) is 2.01. The van der Waals surface area contributed by atoms with E-state index in [1.165, 1.54) is 0 Å². The van der Waals surface area contributed by atoms with Crippen LogP contribution < -0.4 is 0 Å². The first kappa shape index (κ1) is 12.7. The van der Waals surface area contributed by atoms with E-state index in [1.54, 1.807) is 16.2 Å². The van der Waals surface area contributed by atoms with E-state index in [0.717, 1.165) is 30.8 Å². The fourth-order valence-electron chi connectivity index (χ4n) is 2.91. The van der Waals surface area contributed by atoms with E-state index >= 15 is 0 Å². The maximum atomic E-state index is 12.5. The van der Waals surface area contributed by atoms with Gasteiger partial charge in [-0.1, -0.05) is 6.07 Å². The Hall–Kier alpha value is -1.36. The number of carbonyl (C=O) groups is 2. The van der Waals surface area contributed by atoms with Crippen molar-refractivity contribution in [1.29, 1.82) is 0 Å². The van der Waals surface area contributed by atoms with Gasteiger partial charge in [0.1, 0.15) is 6.04 Å². The highest BCUT2D eigenvalue weighted by Crippen LogP contribution is 2.25. The predicted octanol–water partition coefficient (Wildman–Crippen LogP) is 1.86. The Labute approximate surface area is 117 Å². The average Bonchev–Trinajstić information content (AvgIpc) is 3.13. The fourth-order valence-corrected chi connectivity index (χ4v) is 3.61. The first-order valence-electron chi connectivity index (χ1n) is 6.86. The molecule has 2 fully saturated rings. The van der Waals surface area contributed by atoms with Gasteiger partial charge in [-0.3, -0.25) is 9.59 Å². The lowest BCUT2D eigenvalue weighted by Gasteiger charge is -2.27. The van der Waals surface area contributed by atoms with Gasteiger partial charge in [-0.05, 0) is 30.7 Å². The maximum Gasteiger partial charge on any atom is 0.245 e. The molecule has 2 aliphatic heterocycles. The second-order valence-corrected chi connectivity index (χ2v) is 6.22. The summed E-state index contributed by atoms with van der Waals surface area (Å²) in [7, 11) is 0. The van der Waals surface area contributed by atoms with Crippen LogP contribution in [0.2, 0.25) is 0 Å². The van der Waals surface area contributed by atoms with Crippen molar-refractivity contribution in [2.45, 2.75) is 38.3 Å². The second-order valence-electron chi connectivity index (χ2n) is 5.19. The van der Waals surface area contributed by atoms with Crippen molar-refractivity contribution in [3.63, 3.8) is 0 Å². The quantitative estimate of drug-likeness (QED) is 0.847. The lowest BCUT2D eigenvalue weighted by Crippen LogP contribution is -2.45. The number of hydrogen-bond acceptors (Lipinski definition) is 3. The van der Waals surface area contributed by atoms with Gasteiger partial charge in [0, 0.05) is 24.4 Å². The van der Waals surface area contributed by atoms with E-state index in [1.807, 2.05) is 22.4 Å². The molecule has 2 aliphatic rings. The molecular weight excluding hydrogens is 260 g/mol. The number of carbonyl (C=O) groups excluding carboxylic acids is 2. The van der Waals surface area contributed by atoms with Gasteiger partial charge in [0.25, 0.3) is 0 Å². The van der Waals surface area contributed by atoms with Gasteiger partial charge in [-0.25, -0.2) is 0 Å². The summed E-state index contributed by atoms with van der Waals surface area (Å²) in [6.07, 6.45) is 3.38. The third kappa shape index (κ3) is 2.52. The standard InChI is InChI=1S/C14H18N2O2S/c17-13-6-5-12(14(18)15-7-1-2-8-15)16(13)10-11-4-3-9-19-11/h3-4,9,12H,1-2,5-8,10H2/t12-/m0/s1. The molecular formula is C14H18N2O2S. The highest BCUT2D eigenvalue weighted by atomic mass is 32.1. The van der Waals surface area contributed by atoms with Crippen LogP contribution in [-0.2, 0) is 16.1 Å². The van der Waals surface area contributed by atoms with Gasteiger partial charge in [0.2, 0.25) is 11.8 Å². The summed E-state index contributed by atoms with van der Waals surface area (Å²) in [6, 6.07) is 3.78. The molecule has 0 spiro atoms. The van der Waals surface area contributed by atoms with Gasteiger partial charge >= 0.3 is 0 Å². The van der Waals surface area contributed by atoms with Gasteiger partial charge in [-0.15, -0.1) is 11.3 Å². The zero-order chi connectivity index (χ0) is 13.2. The van der Waals surface area contributed by atoms with Crippen LogP contribution in [-0.4, -0.2) is 40.7 Å². The average molecular weight is 278 g/mol. The number of amides is 2. The first-order valence-corrected chi connectivity index (χ1v) is 7.74. The smallest absolute Gasteiger partial charge is 0.245 e. The third-order valence-electron chi connectivity index (χ3n) is 3.94. The molecule has 0 saturated carbocycles. The van der Waals surface area contributed by atoms with E-state index in [2.05, 4.69) is 0 Å². The molecule has 0 aliphatic carbocycles. The Morgan fingerprint density at radius 1 is 1.37 bits per heavy atom. The summed E-state index contributed by atoms with van der Waals surface area (Å²) >= 11 is 1.64. The van der Waals surface area contributed by atoms with Crippen LogP contribution >= 0.6 is 11.3 Å².